The maximum Gasteiger partial charge on any atom is 0.249 e. The van der Waals surface area contributed by atoms with E-state index < -0.39 is 6.04 Å². The second-order valence-electron chi connectivity index (χ2n) is 7.47. The van der Waals surface area contributed by atoms with Crippen LogP contribution in [0.1, 0.15) is 37.7 Å². The first-order valence-corrected chi connectivity index (χ1v) is 11.9. The fourth-order valence-corrected chi connectivity index (χ4v) is 4.93. The van der Waals surface area contributed by atoms with E-state index in [1.807, 2.05) is 61.5 Å². The molecule has 1 aromatic heterocycles. The maximum atomic E-state index is 13.3. The number of rotatable bonds is 6. The lowest BCUT2D eigenvalue weighted by Gasteiger charge is -2.27. The zero-order chi connectivity index (χ0) is 21.8. The summed E-state index contributed by atoms with van der Waals surface area (Å²) in [5, 5.41) is 12.4. The van der Waals surface area contributed by atoms with E-state index in [4.69, 9.17) is 0 Å². The highest BCUT2D eigenvalue weighted by atomic mass is 79.9. The molecule has 8 heteroatoms. The van der Waals surface area contributed by atoms with Gasteiger partial charge in [-0.1, -0.05) is 76.7 Å². The summed E-state index contributed by atoms with van der Waals surface area (Å²) in [4.78, 5) is 28.0. The van der Waals surface area contributed by atoms with Crippen LogP contribution in [0.3, 0.4) is 0 Å². The van der Waals surface area contributed by atoms with Gasteiger partial charge >= 0.3 is 0 Å². The molecule has 0 bridgehead atoms. The summed E-state index contributed by atoms with van der Waals surface area (Å²) in [6.07, 6.45) is 2.16. The van der Waals surface area contributed by atoms with Crippen LogP contribution in [0.2, 0.25) is 0 Å². The van der Waals surface area contributed by atoms with Crippen LogP contribution in [0, 0.1) is 0 Å². The van der Waals surface area contributed by atoms with E-state index in [1.165, 1.54) is 11.3 Å². The zero-order valence-corrected chi connectivity index (χ0v) is 19.5. The van der Waals surface area contributed by atoms with Crippen LogP contribution in [-0.4, -0.2) is 39.5 Å². The van der Waals surface area contributed by atoms with Crippen molar-refractivity contribution in [3.63, 3.8) is 0 Å². The number of hydrogen-bond acceptors (Lipinski definition) is 5. The first-order valence-electron chi connectivity index (χ1n) is 10.3. The summed E-state index contributed by atoms with van der Waals surface area (Å²) in [5.41, 5.74) is 1.93. The van der Waals surface area contributed by atoms with Gasteiger partial charge in [0.2, 0.25) is 16.9 Å². The van der Waals surface area contributed by atoms with Crippen molar-refractivity contribution >= 4 is 44.2 Å². The van der Waals surface area contributed by atoms with Crippen molar-refractivity contribution in [2.75, 3.05) is 11.9 Å². The number of aromatic nitrogens is 2. The van der Waals surface area contributed by atoms with Gasteiger partial charge in [-0.3, -0.25) is 14.9 Å². The van der Waals surface area contributed by atoms with Crippen LogP contribution in [0.15, 0.2) is 59.1 Å². The van der Waals surface area contributed by atoms with Crippen molar-refractivity contribution in [2.45, 2.75) is 38.1 Å². The van der Waals surface area contributed by atoms with Gasteiger partial charge in [0, 0.05) is 16.6 Å². The summed E-state index contributed by atoms with van der Waals surface area (Å²) in [6, 6.07) is 17.1. The van der Waals surface area contributed by atoms with Crippen molar-refractivity contribution in [3.05, 3.63) is 64.6 Å². The number of anilines is 1. The molecule has 0 spiro atoms. The molecule has 1 N–H and O–H groups in total. The SMILES string of the molecule is CCC(C(=O)N1CCCC1C(=O)Nc1nnc(-c2ccc(Br)cc2)s1)c1ccccc1. The Morgan fingerprint density at radius 1 is 1.16 bits per heavy atom. The second kappa shape index (κ2) is 9.70. The first kappa shape index (κ1) is 21.6. The maximum absolute atomic E-state index is 13.3. The molecule has 1 aliphatic heterocycles. The minimum absolute atomic E-state index is 0.0131. The number of carbonyl (C=O) groups excluding carboxylic acids is 2. The molecule has 0 aliphatic carbocycles. The predicted molar refractivity (Wildman–Crippen MR) is 126 cm³/mol. The Hall–Kier alpha value is -2.58. The molecule has 2 atom stereocenters. The van der Waals surface area contributed by atoms with Gasteiger partial charge in [0.05, 0.1) is 5.92 Å². The first-order chi connectivity index (χ1) is 15.1. The molecule has 2 heterocycles. The quantitative estimate of drug-likeness (QED) is 0.513. The number of benzene rings is 2. The lowest BCUT2D eigenvalue weighted by molar-refractivity contribution is -0.138. The summed E-state index contributed by atoms with van der Waals surface area (Å²) in [5.74, 6) is -0.424. The Morgan fingerprint density at radius 3 is 2.61 bits per heavy atom. The fourth-order valence-electron chi connectivity index (χ4n) is 3.91. The van der Waals surface area contributed by atoms with Crippen molar-refractivity contribution in [1.82, 2.24) is 15.1 Å². The standard InChI is InChI=1S/C23H23BrN4O2S/c1-2-18(15-7-4-3-5-8-15)22(30)28-14-6-9-19(28)20(29)25-23-27-26-21(31-23)16-10-12-17(24)13-11-16/h3-5,7-8,10-13,18-19H,2,6,9,14H2,1H3,(H,25,27,29). The highest BCUT2D eigenvalue weighted by Gasteiger charge is 2.37. The van der Waals surface area contributed by atoms with E-state index >= 15 is 0 Å². The molecule has 0 saturated carbocycles. The van der Waals surface area contributed by atoms with E-state index in [2.05, 4.69) is 31.4 Å². The molecule has 2 aromatic carbocycles. The Balaban J connectivity index is 1.46. The average Bonchev–Trinajstić information content (AvgIpc) is 3.45. The van der Waals surface area contributed by atoms with Gasteiger partial charge < -0.3 is 4.90 Å². The lowest BCUT2D eigenvalue weighted by Crippen LogP contribution is -2.45. The van der Waals surface area contributed by atoms with Crippen LogP contribution in [0.25, 0.3) is 10.6 Å². The third-order valence-electron chi connectivity index (χ3n) is 5.49. The molecule has 0 radical (unpaired) electrons. The van der Waals surface area contributed by atoms with E-state index in [0.29, 0.717) is 24.5 Å². The fraction of sp³-hybridized carbons (Fsp3) is 0.304. The van der Waals surface area contributed by atoms with Gasteiger partial charge in [-0.15, -0.1) is 10.2 Å². The lowest BCUT2D eigenvalue weighted by atomic mass is 9.94. The Labute approximate surface area is 193 Å². The third kappa shape index (κ3) is 4.85. The van der Waals surface area contributed by atoms with Crippen LogP contribution >= 0.6 is 27.3 Å². The summed E-state index contributed by atoms with van der Waals surface area (Å²) in [6.45, 7) is 2.60. The molecule has 160 valence electrons. The van der Waals surface area contributed by atoms with Crippen LogP contribution in [0.4, 0.5) is 5.13 Å². The Kier molecular flexibility index (Phi) is 6.77. The summed E-state index contributed by atoms with van der Waals surface area (Å²) < 4.78 is 0.987. The normalized spacial score (nSPS) is 16.8. The van der Waals surface area contributed by atoms with Crippen molar-refractivity contribution in [3.8, 4) is 10.6 Å². The van der Waals surface area contributed by atoms with Crippen molar-refractivity contribution in [2.24, 2.45) is 0 Å². The molecule has 2 amide bonds. The van der Waals surface area contributed by atoms with Gasteiger partial charge in [-0.05, 0) is 37.0 Å². The molecule has 4 rings (SSSR count). The van der Waals surface area contributed by atoms with Crippen LogP contribution < -0.4 is 5.32 Å². The smallest absolute Gasteiger partial charge is 0.249 e. The van der Waals surface area contributed by atoms with Gasteiger partial charge in [-0.2, -0.15) is 0 Å². The number of amides is 2. The monoisotopic (exact) mass is 498 g/mol. The molecule has 6 nitrogen and oxygen atoms in total. The number of hydrogen-bond donors (Lipinski definition) is 1. The van der Waals surface area contributed by atoms with Crippen LogP contribution in [0.5, 0.6) is 0 Å². The minimum Gasteiger partial charge on any atom is -0.330 e. The average molecular weight is 499 g/mol. The number of nitrogens with zero attached hydrogens (tertiary/aromatic N) is 3. The molecule has 2 unspecified atom stereocenters. The molecular weight excluding hydrogens is 476 g/mol. The number of likely N-dealkylation sites (tertiary alicyclic amines) is 1. The summed E-state index contributed by atoms with van der Waals surface area (Å²) in [7, 11) is 0. The highest BCUT2D eigenvalue weighted by molar-refractivity contribution is 9.10. The van der Waals surface area contributed by atoms with E-state index in [-0.39, 0.29) is 17.7 Å². The summed E-state index contributed by atoms with van der Waals surface area (Å²) >= 11 is 4.74. The van der Waals surface area contributed by atoms with Gasteiger partial charge in [0.1, 0.15) is 11.0 Å². The Bertz CT molecular complexity index is 1050. The van der Waals surface area contributed by atoms with Gasteiger partial charge in [-0.25, -0.2) is 0 Å². The second-order valence-corrected chi connectivity index (χ2v) is 9.36. The van der Waals surface area contributed by atoms with Crippen LogP contribution in [-0.2, 0) is 9.59 Å². The van der Waals surface area contributed by atoms with Crippen molar-refractivity contribution < 1.29 is 9.59 Å². The molecule has 1 saturated heterocycles. The number of halogens is 1. The van der Waals surface area contributed by atoms with Crippen molar-refractivity contribution in [1.29, 1.82) is 0 Å². The van der Waals surface area contributed by atoms with E-state index in [1.54, 1.807) is 4.90 Å². The molecule has 1 aliphatic rings. The van der Waals surface area contributed by atoms with E-state index in [0.717, 1.165) is 27.0 Å². The molecule has 3 aromatic rings. The highest BCUT2D eigenvalue weighted by Crippen LogP contribution is 2.30. The number of nitrogens with one attached hydrogen (secondary N) is 1. The molecule has 1 fully saturated rings. The zero-order valence-electron chi connectivity index (χ0n) is 17.1. The van der Waals surface area contributed by atoms with Gasteiger partial charge in [0.15, 0.2) is 0 Å². The molecular formula is C23H23BrN4O2S. The van der Waals surface area contributed by atoms with E-state index in [9.17, 15) is 9.59 Å². The largest absolute Gasteiger partial charge is 0.330 e. The number of carbonyl (C=O) groups is 2. The third-order valence-corrected chi connectivity index (χ3v) is 6.91. The van der Waals surface area contributed by atoms with Gasteiger partial charge in [0.25, 0.3) is 0 Å². The minimum atomic E-state index is -0.481. The topological polar surface area (TPSA) is 75.2 Å². The molecule has 31 heavy (non-hydrogen) atoms. The predicted octanol–water partition coefficient (Wildman–Crippen LogP) is 5.09. The Morgan fingerprint density at radius 2 is 1.90 bits per heavy atom.